The molecule has 8 aromatic carbocycles. The minimum Gasteiger partial charge on any atom is -0.871 e. The predicted molar refractivity (Wildman–Crippen MR) is 474 cm³/mol. The fraction of sp³-hybridized carbons (Fsp3) is 0.451. The summed E-state index contributed by atoms with van der Waals surface area (Å²) in [6, 6.07) is 52.1. The molecule has 0 N–H and O–H groups in total. The zero-order valence-electron chi connectivity index (χ0n) is 73.5. The lowest BCUT2D eigenvalue weighted by atomic mass is 9.79. The third-order valence-electron chi connectivity index (χ3n) is 21.6. The number of anilines is 1. The molecule has 0 radical (unpaired) electrons. The number of aryl methyl sites for hydroxylation is 1. The van der Waals surface area contributed by atoms with Crippen LogP contribution in [0.1, 0.15) is 289 Å². The number of carbonyl (C=O) groups excluding carboxylic acids is 1. The normalized spacial score (nSPS) is 14.6. The highest BCUT2D eigenvalue weighted by Crippen LogP contribution is 2.50. The van der Waals surface area contributed by atoms with Gasteiger partial charge in [0.25, 0.3) is 5.01 Å². The Labute approximate surface area is 691 Å². The first kappa shape index (κ1) is 86.2. The van der Waals surface area contributed by atoms with Gasteiger partial charge in [-0.2, -0.15) is 4.57 Å². The van der Waals surface area contributed by atoms with Gasteiger partial charge < -0.3 is 38.4 Å². The molecule has 0 amide bonds. The molecule has 0 atom stereocenters. The van der Waals surface area contributed by atoms with Gasteiger partial charge in [-0.1, -0.05) is 295 Å². The van der Waals surface area contributed by atoms with Crippen LogP contribution in [0, 0.1) is 0 Å². The van der Waals surface area contributed by atoms with Crippen molar-refractivity contribution < 1.29 is 42.9 Å². The third-order valence-corrected chi connectivity index (χ3v) is 23.8. The Morgan fingerprint density at radius 3 is 1.04 bits per heavy atom. The second-order valence-corrected chi connectivity index (χ2v) is 42.1. The Morgan fingerprint density at radius 2 is 0.702 bits per heavy atom. The van der Waals surface area contributed by atoms with E-state index < -0.39 is 0 Å². The number of ketones is 1. The van der Waals surface area contributed by atoms with Crippen LogP contribution in [0.3, 0.4) is 0 Å². The number of thioether (sulfide) groups is 1. The zero-order valence-corrected chi connectivity index (χ0v) is 75.1. The number of Topliss-reactive ketones (excluding diaryl/α,β-unsaturated/α-hetero) is 1. The van der Waals surface area contributed by atoms with E-state index in [1.54, 1.807) is 23.1 Å². The highest BCUT2D eigenvalue weighted by molar-refractivity contribution is 8.03. The lowest BCUT2D eigenvalue weighted by Crippen LogP contribution is -2.36. The van der Waals surface area contributed by atoms with Crippen molar-refractivity contribution in [2.75, 3.05) is 11.4 Å². The van der Waals surface area contributed by atoms with Gasteiger partial charge in [0.1, 0.15) is 78.8 Å². The molecule has 0 unspecified atom stereocenters. The maximum Gasteiger partial charge on any atom is 0.263 e. The maximum absolute atomic E-state index is 14.5. The van der Waals surface area contributed by atoms with Crippen LogP contribution in [0.2, 0.25) is 0 Å². The summed E-state index contributed by atoms with van der Waals surface area (Å²) < 4.78 is 43.8. The molecule has 1 aliphatic heterocycles. The van der Waals surface area contributed by atoms with Crippen molar-refractivity contribution in [3.8, 4) is 34.5 Å². The fourth-order valence-electron chi connectivity index (χ4n) is 13.9. The molecule has 0 bridgehead atoms. The minimum atomic E-state index is -0.251. The number of carbonyl (C=O) groups is 1. The first-order chi connectivity index (χ1) is 53.2. The number of hydrogen-bond acceptors (Lipinski definition) is 11. The number of fused-ring (bicyclic) bond motifs is 2. The number of ether oxygens (including phenoxy) is 6. The molecule has 1 aromatic heterocycles. The molecular weight excluding hydrogens is 1450 g/mol. The van der Waals surface area contributed by atoms with E-state index in [4.69, 9.17) is 28.4 Å². The molecule has 12 heteroatoms. The minimum absolute atomic E-state index is 0.0369. The Bertz CT molecular complexity index is 4780. The van der Waals surface area contributed by atoms with Crippen LogP contribution in [0.15, 0.2) is 178 Å². The van der Waals surface area contributed by atoms with Crippen LogP contribution < -0.4 is 43.0 Å². The first-order valence-electron chi connectivity index (χ1n) is 41.3. The summed E-state index contributed by atoms with van der Waals surface area (Å²) >= 11 is 3.15. The van der Waals surface area contributed by atoms with E-state index in [-0.39, 0.29) is 79.2 Å². The van der Waals surface area contributed by atoms with E-state index in [0.717, 1.165) is 89.9 Å². The van der Waals surface area contributed by atoms with E-state index in [9.17, 15) is 9.90 Å². The van der Waals surface area contributed by atoms with Crippen LogP contribution >= 0.6 is 23.1 Å². The number of thiazole rings is 1. The lowest BCUT2D eigenvalue weighted by Gasteiger charge is -2.29. The van der Waals surface area contributed by atoms with E-state index in [1.807, 2.05) is 36.4 Å². The Hall–Kier alpha value is -8.71. The van der Waals surface area contributed by atoms with Gasteiger partial charge in [0.15, 0.2) is 12.3 Å². The second kappa shape index (κ2) is 33.9. The van der Waals surface area contributed by atoms with E-state index >= 15 is 0 Å². The van der Waals surface area contributed by atoms with Crippen molar-refractivity contribution in [3.05, 3.63) is 256 Å². The van der Waals surface area contributed by atoms with Crippen molar-refractivity contribution in [2.45, 2.75) is 300 Å². The Kier molecular flexibility index (Phi) is 25.6. The summed E-state index contributed by atoms with van der Waals surface area (Å²) in [4.78, 5) is 17.8. The molecular formula is C102H128N2O8S2. The molecule has 0 fully saturated rings. The molecule has 2 heterocycles. The molecule has 0 saturated carbocycles. The molecule has 0 spiro atoms. The number of aromatic nitrogens is 1. The Balaban J connectivity index is 0.833. The van der Waals surface area contributed by atoms with E-state index in [0.29, 0.717) is 74.0 Å². The van der Waals surface area contributed by atoms with Crippen LogP contribution in [-0.4, -0.2) is 12.3 Å². The number of unbranched alkanes of at least 4 members (excludes halogenated alkanes) is 2. The molecule has 11 rings (SSSR count). The number of hydrogen-bond donors (Lipinski definition) is 0. The quantitative estimate of drug-likeness (QED) is 0.0385. The van der Waals surface area contributed by atoms with Gasteiger partial charge in [-0.25, -0.2) is 0 Å². The molecule has 606 valence electrons. The SMILES string of the molecule is CCCCN1/C(=C/C2=C([O-])C(=C/c3sc4ccc(OCc5cc(OCc6cc(C(C)(C)C)cc(C(C)(C)C)c6)cc(OCc6cc(C(C)(C)C)cc(C(C)(C)C)c6)c5)cc4[n+]3CCCC)/C2=O)Sc2ccc(OCc3cc(OCc4cc(C(C)(C)C)cc(C(C)(C)C)c4)cc(OCc4cc(C(C)(C)C)cc(C(C)(C)C)c4)c3)cc21. The Morgan fingerprint density at radius 1 is 0.377 bits per heavy atom. The van der Waals surface area contributed by atoms with E-state index in [2.05, 4.69) is 311 Å². The van der Waals surface area contributed by atoms with Crippen LogP contribution in [-0.2, 0) is 94.3 Å². The topological polar surface area (TPSA) is 103 Å². The molecule has 0 saturated heterocycles. The molecule has 10 nitrogen and oxygen atoms in total. The van der Waals surface area contributed by atoms with Crippen molar-refractivity contribution in [3.63, 3.8) is 0 Å². The zero-order chi connectivity index (χ0) is 83.0. The number of benzene rings is 8. The van der Waals surface area contributed by atoms with Crippen LogP contribution in [0.5, 0.6) is 34.5 Å². The van der Waals surface area contributed by atoms with Gasteiger partial charge in [-0.15, -0.1) is 0 Å². The third kappa shape index (κ3) is 21.7. The monoisotopic (exact) mass is 1570 g/mol. The van der Waals surface area contributed by atoms with Gasteiger partial charge >= 0.3 is 0 Å². The highest BCUT2D eigenvalue weighted by atomic mass is 32.2. The summed E-state index contributed by atoms with van der Waals surface area (Å²) in [6.07, 6.45) is 7.35. The highest BCUT2D eigenvalue weighted by Gasteiger charge is 2.34. The maximum atomic E-state index is 14.5. The molecule has 9 aromatic rings. The van der Waals surface area contributed by atoms with Gasteiger partial charge in [0, 0.05) is 53.3 Å². The molecule has 114 heavy (non-hydrogen) atoms. The van der Waals surface area contributed by atoms with Crippen molar-refractivity contribution in [2.24, 2.45) is 0 Å². The van der Waals surface area contributed by atoms with Crippen molar-refractivity contribution in [1.29, 1.82) is 0 Å². The smallest absolute Gasteiger partial charge is 0.263 e. The fourth-order valence-corrected chi connectivity index (χ4v) is 16.1. The van der Waals surface area contributed by atoms with Gasteiger partial charge in [0.05, 0.1) is 16.8 Å². The van der Waals surface area contributed by atoms with Gasteiger partial charge in [0.2, 0.25) is 5.52 Å². The summed E-state index contributed by atoms with van der Waals surface area (Å²) in [5, 5.41) is 16.2. The average Bonchev–Trinajstić information content (AvgIpc) is 1.50. The second-order valence-electron chi connectivity index (χ2n) is 40.0. The lowest BCUT2D eigenvalue weighted by molar-refractivity contribution is -0.669. The van der Waals surface area contributed by atoms with E-state index in [1.165, 1.54) is 44.5 Å². The largest absolute Gasteiger partial charge is 0.871 e. The average molecular weight is 1570 g/mol. The van der Waals surface area contributed by atoms with Crippen LogP contribution in [0.25, 0.3) is 16.3 Å². The summed E-state index contributed by atoms with van der Waals surface area (Å²) in [6.45, 7) is 62.1. The van der Waals surface area contributed by atoms with Gasteiger partial charge in [-0.05, 0) is 182 Å². The summed E-state index contributed by atoms with van der Waals surface area (Å²) in [7, 11) is 0. The molecule has 1 aliphatic carbocycles. The van der Waals surface area contributed by atoms with Crippen LogP contribution in [0.4, 0.5) is 5.69 Å². The van der Waals surface area contributed by atoms with Crippen molar-refractivity contribution in [1.82, 2.24) is 0 Å². The van der Waals surface area contributed by atoms with Gasteiger partial charge in [-0.3, -0.25) is 4.79 Å². The summed E-state index contributed by atoms with van der Waals surface area (Å²) in [5.41, 5.74) is 18.5. The predicted octanol–water partition coefficient (Wildman–Crippen LogP) is 25.7. The van der Waals surface area contributed by atoms with Crippen molar-refractivity contribution >= 4 is 50.9 Å². The standard InChI is InChI=1S/C102H128N2O8S2/c1-27-29-35-103-87-55-79(107-63-69-45-81(109-59-65-37-71(95(3,4)5)49-72(38-65)96(6,7)8)53-82(46-69)110-60-66-39-73(97(9,10)11)50-74(40-66)98(12,13)14)31-33-89(87)113-91(103)57-85-93(105)86(94(85)106)58-92-104(36-30-28-2)88-56-80(32-34-90(88)114-92)108-64-70-47-83(111-61-67-41-75(99(15,16)17)51-76(42-67)100(18,19)20)54-84(48-70)112-62-68-43-77(101(21,22)23)52-78(44-68)102(24,25)26/h31-34,37-58H,27-30,35-36,59-64H2,1-26H3. The molecule has 2 aliphatic rings. The number of nitrogens with zero attached hydrogens (tertiary/aromatic N) is 2. The number of rotatable bonds is 26. The first-order valence-corrected chi connectivity index (χ1v) is 42.9. The number of allylic oxidation sites excluding steroid dienone is 3. The summed E-state index contributed by atoms with van der Waals surface area (Å²) in [5.74, 6) is 3.67.